The number of alkyl halides is 2. The topological polar surface area (TPSA) is 77.6 Å². The van der Waals surface area contributed by atoms with Crippen LogP contribution in [0.5, 0.6) is 11.5 Å². The monoisotopic (exact) mass is 393 g/mol. The van der Waals surface area contributed by atoms with Crippen LogP contribution < -0.4 is 9.47 Å². The number of ether oxygens (including phenoxy) is 3. The first-order valence-electron chi connectivity index (χ1n) is 8.50. The lowest BCUT2D eigenvalue weighted by atomic mass is 10.1. The summed E-state index contributed by atoms with van der Waals surface area (Å²) in [5, 5.41) is 0. The first kappa shape index (κ1) is 21.1. The number of carbonyl (C=O) groups is 2. The summed E-state index contributed by atoms with van der Waals surface area (Å²) >= 11 is 0. The first-order chi connectivity index (χ1) is 13.3. The number of carbonyl (C=O) groups excluding carboxylic acids is 2. The smallest absolute Gasteiger partial charge is 0.387 e. The van der Waals surface area contributed by atoms with E-state index in [1.54, 1.807) is 26.8 Å². The molecule has 1 heterocycles. The van der Waals surface area contributed by atoms with E-state index in [4.69, 9.17) is 9.47 Å². The number of halogens is 2. The number of ketones is 1. The van der Waals surface area contributed by atoms with Crippen molar-refractivity contribution in [3.8, 4) is 11.5 Å². The Balaban J connectivity index is 2.27. The summed E-state index contributed by atoms with van der Waals surface area (Å²) in [6.45, 7) is 2.26. The van der Waals surface area contributed by atoms with Gasteiger partial charge in [0.05, 0.1) is 25.0 Å². The van der Waals surface area contributed by atoms with Crippen molar-refractivity contribution in [3.63, 3.8) is 0 Å². The molecule has 0 saturated carbocycles. The summed E-state index contributed by atoms with van der Waals surface area (Å²) in [5.74, 6) is -0.855. The fourth-order valence-corrected chi connectivity index (χ4v) is 2.75. The normalized spacial score (nSPS) is 11.1. The standard InChI is InChI=1S/C20H21F2NO5/c1-5-27-19(25)17-11(2)18(23-12(17)3)14(24)8-6-13-7-9-15(26-4)16(10-13)28-20(21)22/h6-10,20,23H,5H2,1-4H3/b8-6+. The number of methoxy groups -OCH3 is 1. The number of aromatic amines is 1. The maximum absolute atomic E-state index is 12.5. The largest absolute Gasteiger partial charge is 0.493 e. The van der Waals surface area contributed by atoms with Crippen LogP contribution in [0, 0.1) is 13.8 Å². The number of aryl methyl sites for hydroxylation is 1. The molecular weight excluding hydrogens is 372 g/mol. The minimum Gasteiger partial charge on any atom is -0.493 e. The van der Waals surface area contributed by atoms with Crippen LogP contribution in [0.2, 0.25) is 0 Å². The lowest BCUT2D eigenvalue weighted by Gasteiger charge is -2.10. The zero-order valence-electron chi connectivity index (χ0n) is 16.0. The Morgan fingerprint density at radius 3 is 2.54 bits per heavy atom. The van der Waals surface area contributed by atoms with Crippen LogP contribution in [-0.2, 0) is 4.74 Å². The SMILES string of the molecule is CCOC(=O)c1c(C)[nH]c(C(=O)/C=C/c2ccc(OC)c(OC(F)F)c2)c1C. The average Bonchev–Trinajstić information content (AvgIpc) is 2.94. The van der Waals surface area contributed by atoms with Gasteiger partial charge >= 0.3 is 12.6 Å². The van der Waals surface area contributed by atoms with Crippen LogP contribution in [0.3, 0.4) is 0 Å². The van der Waals surface area contributed by atoms with Gasteiger partial charge in [-0.25, -0.2) is 4.79 Å². The molecule has 0 aliphatic rings. The van der Waals surface area contributed by atoms with Gasteiger partial charge in [0.25, 0.3) is 0 Å². The number of hydrogen-bond donors (Lipinski definition) is 1. The van der Waals surface area contributed by atoms with E-state index in [0.29, 0.717) is 22.4 Å². The van der Waals surface area contributed by atoms with E-state index in [-0.39, 0.29) is 29.6 Å². The Labute approximate surface area is 161 Å². The molecule has 0 amide bonds. The third-order valence-electron chi connectivity index (χ3n) is 3.99. The predicted molar refractivity (Wildman–Crippen MR) is 99.2 cm³/mol. The van der Waals surface area contributed by atoms with E-state index in [0.717, 1.165) is 0 Å². The van der Waals surface area contributed by atoms with Gasteiger partial charge in [0.2, 0.25) is 5.78 Å². The van der Waals surface area contributed by atoms with Gasteiger partial charge in [0.1, 0.15) is 0 Å². The number of H-pyrrole nitrogens is 1. The van der Waals surface area contributed by atoms with Gasteiger partial charge in [-0.15, -0.1) is 0 Å². The maximum atomic E-state index is 12.5. The molecule has 0 radical (unpaired) electrons. The second-order valence-corrected chi connectivity index (χ2v) is 5.83. The molecule has 150 valence electrons. The highest BCUT2D eigenvalue weighted by atomic mass is 19.3. The number of hydrogen-bond acceptors (Lipinski definition) is 5. The van der Waals surface area contributed by atoms with Crippen molar-refractivity contribution in [2.75, 3.05) is 13.7 Å². The van der Waals surface area contributed by atoms with E-state index < -0.39 is 12.6 Å². The fraction of sp³-hybridized carbons (Fsp3) is 0.300. The van der Waals surface area contributed by atoms with E-state index in [9.17, 15) is 18.4 Å². The van der Waals surface area contributed by atoms with Crippen molar-refractivity contribution < 1.29 is 32.6 Å². The second kappa shape index (κ2) is 9.16. The van der Waals surface area contributed by atoms with E-state index in [2.05, 4.69) is 9.72 Å². The molecule has 8 heteroatoms. The Bertz CT molecular complexity index is 902. The molecule has 1 aromatic carbocycles. The summed E-state index contributed by atoms with van der Waals surface area (Å²) < 4.78 is 39.4. The molecule has 0 saturated heterocycles. The molecule has 1 aromatic heterocycles. The molecule has 0 aliphatic heterocycles. The van der Waals surface area contributed by atoms with Crippen LogP contribution in [0.1, 0.15) is 44.6 Å². The minimum atomic E-state index is -3.00. The maximum Gasteiger partial charge on any atom is 0.387 e. The van der Waals surface area contributed by atoms with Crippen LogP contribution in [-0.4, -0.2) is 37.1 Å². The summed E-state index contributed by atoms with van der Waals surface area (Å²) in [4.78, 5) is 27.5. The zero-order chi connectivity index (χ0) is 20.8. The fourth-order valence-electron chi connectivity index (χ4n) is 2.75. The first-order valence-corrected chi connectivity index (χ1v) is 8.50. The molecule has 0 fully saturated rings. The highest BCUT2D eigenvalue weighted by Gasteiger charge is 2.21. The molecule has 28 heavy (non-hydrogen) atoms. The number of benzene rings is 1. The van der Waals surface area contributed by atoms with Crippen LogP contribution in [0.4, 0.5) is 8.78 Å². The lowest BCUT2D eigenvalue weighted by molar-refractivity contribution is -0.0512. The minimum absolute atomic E-state index is 0.136. The van der Waals surface area contributed by atoms with Gasteiger partial charge in [0.15, 0.2) is 11.5 Å². The molecule has 0 atom stereocenters. The van der Waals surface area contributed by atoms with Crippen molar-refractivity contribution in [3.05, 3.63) is 52.4 Å². The highest BCUT2D eigenvalue weighted by molar-refractivity contribution is 6.08. The number of esters is 1. The van der Waals surface area contributed by atoms with Gasteiger partial charge in [0, 0.05) is 5.69 Å². The van der Waals surface area contributed by atoms with Crippen molar-refractivity contribution in [2.24, 2.45) is 0 Å². The van der Waals surface area contributed by atoms with Gasteiger partial charge in [-0.2, -0.15) is 8.78 Å². The predicted octanol–water partition coefficient (Wildman–Crippen LogP) is 4.31. The molecule has 2 aromatic rings. The van der Waals surface area contributed by atoms with Crippen molar-refractivity contribution in [1.29, 1.82) is 0 Å². The summed E-state index contributed by atoms with van der Waals surface area (Å²) in [5.41, 5.74) is 2.08. The van der Waals surface area contributed by atoms with E-state index >= 15 is 0 Å². The second-order valence-electron chi connectivity index (χ2n) is 5.83. The molecule has 0 aliphatic carbocycles. The molecule has 2 rings (SSSR count). The van der Waals surface area contributed by atoms with Gasteiger partial charge in [-0.05, 0) is 50.1 Å². The van der Waals surface area contributed by atoms with Crippen LogP contribution in [0.25, 0.3) is 6.08 Å². The summed E-state index contributed by atoms with van der Waals surface area (Å²) in [6.07, 6.45) is 2.74. The number of nitrogens with one attached hydrogen (secondary N) is 1. The lowest BCUT2D eigenvalue weighted by Crippen LogP contribution is -2.07. The number of allylic oxidation sites excluding steroid dienone is 1. The number of rotatable bonds is 8. The quantitative estimate of drug-likeness (QED) is 0.411. The Morgan fingerprint density at radius 2 is 1.93 bits per heavy atom. The highest BCUT2D eigenvalue weighted by Crippen LogP contribution is 2.30. The molecule has 1 N–H and O–H groups in total. The third kappa shape index (κ3) is 4.76. The molecule has 0 spiro atoms. The Morgan fingerprint density at radius 1 is 1.21 bits per heavy atom. The Hall–Kier alpha value is -3.16. The molecular formula is C20H21F2NO5. The molecule has 6 nitrogen and oxygen atoms in total. The Kier molecular flexibility index (Phi) is 6.92. The zero-order valence-corrected chi connectivity index (χ0v) is 16.0. The van der Waals surface area contributed by atoms with Gasteiger partial charge in [-0.3, -0.25) is 4.79 Å². The average molecular weight is 393 g/mol. The van der Waals surface area contributed by atoms with E-state index in [1.165, 1.54) is 31.4 Å². The van der Waals surface area contributed by atoms with Crippen molar-refractivity contribution in [2.45, 2.75) is 27.4 Å². The van der Waals surface area contributed by atoms with Gasteiger partial charge in [-0.1, -0.05) is 12.1 Å². The summed E-state index contributed by atoms with van der Waals surface area (Å²) in [7, 11) is 1.34. The molecule has 0 bridgehead atoms. The summed E-state index contributed by atoms with van der Waals surface area (Å²) in [6, 6.07) is 4.40. The van der Waals surface area contributed by atoms with Crippen LogP contribution in [0.15, 0.2) is 24.3 Å². The number of aromatic nitrogens is 1. The third-order valence-corrected chi connectivity index (χ3v) is 3.99. The van der Waals surface area contributed by atoms with Crippen LogP contribution >= 0.6 is 0 Å². The van der Waals surface area contributed by atoms with E-state index in [1.807, 2.05) is 0 Å². The van der Waals surface area contributed by atoms with Crippen molar-refractivity contribution >= 4 is 17.8 Å². The van der Waals surface area contributed by atoms with Gasteiger partial charge < -0.3 is 19.2 Å². The van der Waals surface area contributed by atoms with Crippen molar-refractivity contribution in [1.82, 2.24) is 4.98 Å². The molecule has 0 unspecified atom stereocenters.